The molecule has 158 valence electrons. The van der Waals surface area contributed by atoms with Crippen molar-refractivity contribution in [2.75, 3.05) is 20.2 Å². The number of amides is 1. The number of halogens is 1. The summed E-state index contributed by atoms with van der Waals surface area (Å²) in [5.74, 6) is 0.598. The van der Waals surface area contributed by atoms with Crippen LogP contribution in [0.3, 0.4) is 0 Å². The molecule has 0 spiro atoms. The molecule has 1 aliphatic rings. The number of thiazole rings is 1. The van der Waals surface area contributed by atoms with E-state index >= 15 is 0 Å². The average Bonchev–Trinajstić information content (AvgIpc) is 3.22. The molecule has 5 nitrogen and oxygen atoms in total. The van der Waals surface area contributed by atoms with E-state index in [0.717, 1.165) is 33.8 Å². The van der Waals surface area contributed by atoms with Crippen molar-refractivity contribution in [3.63, 3.8) is 0 Å². The van der Waals surface area contributed by atoms with Crippen LogP contribution in [0.25, 0.3) is 21.0 Å². The largest absolute Gasteiger partial charge is 0.496 e. The molecule has 0 saturated carbocycles. The van der Waals surface area contributed by atoms with Crippen LogP contribution in [0.15, 0.2) is 54.6 Å². The van der Waals surface area contributed by atoms with Gasteiger partial charge in [-0.1, -0.05) is 53.3 Å². The minimum Gasteiger partial charge on any atom is -0.496 e. The summed E-state index contributed by atoms with van der Waals surface area (Å²) in [5.41, 5.74) is 1.38. The SMILES string of the molecule is COc1cc2ccccc2cc1C(=O)N1CCC(Oc2nc3c(Cl)cccc3s2)CC1. The van der Waals surface area contributed by atoms with Crippen LogP contribution in [0.4, 0.5) is 0 Å². The number of piperidine rings is 1. The van der Waals surface area contributed by atoms with Crippen LogP contribution in [0, 0.1) is 0 Å². The maximum absolute atomic E-state index is 13.2. The van der Waals surface area contributed by atoms with Crippen molar-refractivity contribution in [3.8, 4) is 10.9 Å². The first-order chi connectivity index (χ1) is 15.1. The Balaban J connectivity index is 1.28. The Morgan fingerprint density at radius 3 is 2.55 bits per heavy atom. The van der Waals surface area contributed by atoms with Gasteiger partial charge < -0.3 is 14.4 Å². The molecule has 0 bridgehead atoms. The molecule has 1 aliphatic heterocycles. The Kier molecular flexibility index (Phi) is 5.42. The fraction of sp³-hybridized carbons (Fsp3) is 0.250. The molecule has 1 amide bonds. The van der Waals surface area contributed by atoms with Gasteiger partial charge in [-0.25, -0.2) is 4.98 Å². The van der Waals surface area contributed by atoms with Gasteiger partial charge in [-0.3, -0.25) is 4.79 Å². The molecule has 0 unspecified atom stereocenters. The van der Waals surface area contributed by atoms with E-state index in [4.69, 9.17) is 21.1 Å². The molecule has 0 aliphatic carbocycles. The highest BCUT2D eigenvalue weighted by Crippen LogP contribution is 2.34. The Morgan fingerprint density at radius 1 is 1.10 bits per heavy atom. The standard InChI is InChI=1S/C24H21ClN2O3S/c1-29-20-14-16-6-3-2-5-15(16)13-18(20)23(28)27-11-9-17(10-12-27)30-24-26-22-19(25)7-4-8-21(22)31-24/h2-8,13-14,17H,9-12H2,1H3. The number of nitrogens with zero attached hydrogens (tertiary/aromatic N) is 2. The molecule has 2 heterocycles. The number of benzene rings is 3. The van der Waals surface area contributed by atoms with Gasteiger partial charge in [0.15, 0.2) is 0 Å². The average molecular weight is 453 g/mol. The maximum atomic E-state index is 13.2. The second kappa shape index (κ2) is 8.36. The molecular formula is C24H21ClN2O3S. The normalized spacial score (nSPS) is 14.8. The van der Waals surface area contributed by atoms with Gasteiger partial charge in [0.05, 0.1) is 22.4 Å². The number of fused-ring (bicyclic) bond motifs is 2. The topological polar surface area (TPSA) is 51.7 Å². The first-order valence-corrected chi connectivity index (χ1v) is 11.4. The van der Waals surface area contributed by atoms with Crippen LogP contribution in [0.1, 0.15) is 23.2 Å². The van der Waals surface area contributed by atoms with Crippen LogP contribution < -0.4 is 9.47 Å². The fourth-order valence-electron chi connectivity index (χ4n) is 3.99. The number of rotatable bonds is 4. The molecule has 4 aromatic rings. The number of carbonyl (C=O) groups excluding carboxylic acids is 1. The van der Waals surface area contributed by atoms with Crippen LogP contribution in [0.2, 0.25) is 5.02 Å². The van der Waals surface area contributed by atoms with Crippen molar-refractivity contribution in [1.29, 1.82) is 0 Å². The molecule has 1 aromatic heterocycles. The van der Waals surface area contributed by atoms with E-state index in [1.54, 1.807) is 7.11 Å². The van der Waals surface area contributed by atoms with Crippen molar-refractivity contribution >= 4 is 49.8 Å². The van der Waals surface area contributed by atoms with E-state index in [0.29, 0.717) is 34.6 Å². The molecule has 7 heteroatoms. The third-order valence-corrected chi connectivity index (χ3v) is 6.86. The highest BCUT2D eigenvalue weighted by molar-refractivity contribution is 7.20. The number of para-hydroxylation sites is 1. The third-order valence-electron chi connectivity index (χ3n) is 5.65. The predicted molar refractivity (Wildman–Crippen MR) is 125 cm³/mol. The molecule has 1 fully saturated rings. The number of ether oxygens (including phenoxy) is 2. The van der Waals surface area contributed by atoms with Gasteiger partial charge in [-0.05, 0) is 35.0 Å². The molecule has 0 atom stereocenters. The lowest BCUT2D eigenvalue weighted by molar-refractivity contribution is 0.0593. The maximum Gasteiger partial charge on any atom is 0.274 e. The van der Waals surface area contributed by atoms with Crippen LogP contribution in [-0.2, 0) is 0 Å². The smallest absolute Gasteiger partial charge is 0.274 e. The second-order valence-electron chi connectivity index (χ2n) is 7.58. The van der Waals surface area contributed by atoms with Gasteiger partial charge in [0.1, 0.15) is 17.4 Å². The molecule has 1 saturated heterocycles. The highest BCUT2D eigenvalue weighted by Gasteiger charge is 2.27. The van der Waals surface area contributed by atoms with E-state index < -0.39 is 0 Å². The zero-order chi connectivity index (χ0) is 21.4. The lowest BCUT2D eigenvalue weighted by Gasteiger charge is -2.32. The van der Waals surface area contributed by atoms with Gasteiger partial charge in [0.2, 0.25) is 0 Å². The van der Waals surface area contributed by atoms with E-state index in [1.165, 1.54) is 11.3 Å². The second-order valence-corrected chi connectivity index (χ2v) is 8.98. The van der Waals surface area contributed by atoms with Gasteiger partial charge in [0, 0.05) is 25.9 Å². The summed E-state index contributed by atoms with van der Waals surface area (Å²) in [4.78, 5) is 19.6. The van der Waals surface area contributed by atoms with E-state index in [9.17, 15) is 4.79 Å². The Hall–Kier alpha value is -2.83. The highest BCUT2D eigenvalue weighted by atomic mass is 35.5. The first kappa shape index (κ1) is 20.1. The molecule has 0 radical (unpaired) electrons. The number of hydrogen-bond acceptors (Lipinski definition) is 5. The van der Waals surface area contributed by atoms with Gasteiger partial charge in [-0.15, -0.1) is 0 Å². The molecule has 5 rings (SSSR count). The summed E-state index contributed by atoms with van der Waals surface area (Å²) in [6.45, 7) is 1.26. The number of hydrogen-bond donors (Lipinski definition) is 0. The number of carbonyl (C=O) groups is 1. The summed E-state index contributed by atoms with van der Waals surface area (Å²) in [6.07, 6.45) is 1.54. The number of aromatic nitrogens is 1. The van der Waals surface area contributed by atoms with Crippen LogP contribution in [0.5, 0.6) is 10.9 Å². The lowest BCUT2D eigenvalue weighted by Crippen LogP contribution is -2.41. The zero-order valence-electron chi connectivity index (χ0n) is 17.0. The summed E-state index contributed by atoms with van der Waals surface area (Å²) in [5, 5.41) is 3.34. The monoisotopic (exact) mass is 452 g/mol. The van der Waals surface area contributed by atoms with E-state index in [2.05, 4.69) is 4.98 Å². The number of methoxy groups -OCH3 is 1. The quantitative estimate of drug-likeness (QED) is 0.393. The Labute approximate surface area is 189 Å². The summed E-state index contributed by atoms with van der Waals surface area (Å²) >= 11 is 7.72. The van der Waals surface area contributed by atoms with Gasteiger partial charge in [0.25, 0.3) is 11.1 Å². The van der Waals surface area contributed by atoms with Crippen molar-refractivity contribution in [2.45, 2.75) is 18.9 Å². The van der Waals surface area contributed by atoms with Crippen molar-refractivity contribution < 1.29 is 14.3 Å². The number of likely N-dealkylation sites (tertiary alicyclic amines) is 1. The molecule has 31 heavy (non-hydrogen) atoms. The van der Waals surface area contributed by atoms with Gasteiger partial charge in [-0.2, -0.15) is 0 Å². The van der Waals surface area contributed by atoms with Crippen molar-refractivity contribution in [2.24, 2.45) is 0 Å². The van der Waals surface area contributed by atoms with Crippen molar-refractivity contribution in [3.05, 3.63) is 65.2 Å². The summed E-state index contributed by atoms with van der Waals surface area (Å²) in [7, 11) is 1.60. The minimum atomic E-state index is -0.00665. The predicted octanol–water partition coefficient (Wildman–Crippen LogP) is 5.80. The third kappa shape index (κ3) is 3.93. The fourth-order valence-corrected chi connectivity index (χ4v) is 5.17. The van der Waals surface area contributed by atoms with Gasteiger partial charge >= 0.3 is 0 Å². The van der Waals surface area contributed by atoms with Crippen molar-refractivity contribution in [1.82, 2.24) is 9.88 Å². The Bertz CT molecular complexity index is 1260. The lowest BCUT2D eigenvalue weighted by atomic mass is 10.0. The zero-order valence-corrected chi connectivity index (χ0v) is 18.6. The van der Waals surface area contributed by atoms with E-state index in [1.807, 2.05) is 59.5 Å². The summed E-state index contributed by atoms with van der Waals surface area (Å²) < 4.78 is 12.6. The summed E-state index contributed by atoms with van der Waals surface area (Å²) in [6, 6.07) is 17.6. The van der Waals surface area contributed by atoms with Crippen LogP contribution >= 0.6 is 22.9 Å². The minimum absolute atomic E-state index is 0.00665. The van der Waals surface area contributed by atoms with E-state index in [-0.39, 0.29) is 12.0 Å². The molecule has 0 N–H and O–H groups in total. The molecular weight excluding hydrogens is 432 g/mol. The van der Waals surface area contributed by atoms with Crippen LogP contribution in [-0.4, -0.2) is 42.1 Å². The first-order valence-electron chi connectivity index (χ1n) is 10.2. The molecule has 3 aromatic carbocycles. The Morgan fingerprint density at radius 2 is 1.84 bits per heavy atom.